The summed E-state index contributed by atoms with van der Waals surface area (Å²) in [5, 5.41) is 13.3. The Morgan fingerprint density at radius 1 is 1.24 bits per heavy atom. The summed E-state index contributed by atoms with van der Waals surface area (Å²) < 4.78 is 6.05. The molecule has 0 saturated heterocycles. The molecule has 4 rings (SSSR count). The van der Waals surface area contributed by atoms with Crippen molar-refractivity contribution < 1.29 is 9.52 Å². The Hall–Kier alpha value is -0.990. The first-order valence-corrected chi connectivity index (χ1v) is 8.08. The second kappa shape index (κ2) is 3.85. The summed E-state index contributed by atoms with van der Waals surface area (Å²) in [6.45, 7) is 6.58. The van der Waals surface area contributed by atoms with Crippen LogP contribution < -0.4 is 0 Å². The van der Waals surface area contributed by atoms with Gasteiger partial charge in [0.2, 0.25) is 0 Å². The first-order chi connectivity index (χ1) is 9.78. The van der Waals surface area contributed by atoms with Gasteiger partial charge in [0, 0.05) is 21.2 Å². The minimum absolute atomic E-state index is 0.0984. The van der Waals surface area contributed by atoms with Gasteiger partial charge in [-0.3, -0.25) is 0 Å². The summed E-state index contributed by atoms with van der Waals surface area (Å²) in [5.41, 5.74) is -0.379. The predicted octanol–water partition coefficient (Wildman–Crippen LogP) is 5.12. The molecule has 3 unspecified atom stereocenters. The van der Waals surface area contributed by atoms with Gasteiger partial charge in [-0.05, 0) is 49.4 Å². The largest absolute Gasteiger partial charge is 0.458 e. The van der Waals surface area contributed by atoms with Crippen LogP contribution in [0, 0.1) is 16.7 Å². The van der Waals surface area contributed by atoms with E-state index in [1.54, 1.807) is 0 Å². The lowest BCUT2D eigenvalue weighted by Gasteiger charge is -2.49. The Balaban J connectivity index is 1.94. The average Bonchev–Trinajstić information content (AvgIpc) is 3.04. The van der Waals surface area contributed by atoms with Crippen molar-refractivity contribution in [3.05, 3.63) is 35.0 Å². The molecule has 3 atom stereocenters. The van der Waals surface area contributed by atoms with E-state index in [1.165, 1.54) is 6.42 Å². The number of aliphatic hydroxyl groups is 1. The third-order valence-electron chi connectivity index (χ3n) is 6.40. The van der Waals surface area contributed by atoms with Crippen LogP contribution in [0.25, 0.3) is 11.0 Å². The minimum Gasteiger partial charge on any atom is -0.458 e. The Morgan fingerprint density at radius 2 is 2.00 bits per heavy atom. The lowest BCUT2D eigenvalue weighted by Crippen LogP contribution is -2.51. The van der Waals surface area contributed by atoms with Crippen LogP contribution in [0.1, 0.15) is 45.8 Å². The van der Waals surface area contributed by atoms with Crippen LogP contribution in [0.4, 0.5) is 0 Å². The fourth-order valence-electron chi connectivity index (χ4n) is 5.07. The molecule has 2 aliphatic carbocycles. The molecule has 2 nitrogen and oxygen atoms in total. The van der Waals surface area contributed by atoms with Crippen molar-refractivity contribution in [3.8, 4) is 0 Å². The van der Waals surface area contributed by atoms with Crippen molar-refractivity contribution >= 4 is 22.6 Å². The molecular weight excluding hydrogens is 284 g/mol. The van der Waals surface area contributed by atoms with Crippen LogP contribution in [0.5, 0.6) is 0 Å². The van der Waals surface area contributed by atoms with Crippen LogP contribution >= 0.6 is 11.6 Å². The van der Waals surface area contributed by atoms with E-state index in [2.05, 4.69) is 20.8 Å². The van der Waals surface area contributed by atoms with Crippen molar-refractivity contribution in [2.45, 2.75) is 45.6 Å². The third-order valence-corrected chi connectivity index (χ3v) is 6.64. The molecule has 3 heteroatoms. The SMILES string of the molecule is CC12CCC(C1)C(C)(C)C2(O)c1cc2cc(Cl)ccc2o1. The molecule has 2 saturated carbocycles. The highest BCUT2D eigenvalue weighted by Crippen LogP contribution is 2.71. The molecule has 0 spiro atoms. The molecule has 0 aliphatic heterocycles. The minimum atomic E-state index is -0.908. The van der Waals surface area contributed by atoms with Gasteiger partial charge in [-0.15, -0.1) is 0 Å². The van der Waals surface area contributed by atoms with E-state index < -0.39 is 5.60 Å². The van der Waals surface area contributed by atoms with Crippen molar-refractivity contribution in [2.75, 3.05) is 0 Å². The summed E-state index contributed by atoms with van der Waals surface area (Å²) in [7, 11) is 0. The van der Waals surface area contributed by atoms with E-state index in [1.807, 2.05) is 24.3 Å². The zero-order valence-corrected chi connectivity index (χ0v) is 13.5. The number of fused-ring (bicyclic) bond motifs is 3. The highest BCUT2D eigenvalue weighted by molar-refractivity contribution is 6.31. The second-order valence-corrected chi connectivity index (χ2v) is 8.16. The highest BCUT2D eigenvalue weighted by Gasteiger charge is 2.70. The maximum atomic E-state index is 11.7. The normalized spacial score (nSPS) is 37.5. The van der Waals surface area contributed by atoms with E-state index in [9.17, 15) is 5.11 Å². The highest BCUT2D eigenvalue weighted by atomic mass is 35.5. The smallest absolute Gasteiger partial charge is 0.138 e. The molecule has 21 heavy (non-hydrogen) atoms. The number of furan rings is 1. The van der Waals surface area contributed by atoms with Crippen LogP contribution in [0.3, 0.4) is 0 Å². The van der Waals surface area contributed by atoms with Gasteiger partial charge in [-0.2, -0.15) is 0 Å². The maximum Gasteiger partial charge on any atom is 0.138 e. The van der Waals surface area contributed by atoms with Crippen LogP contribution in [-0.4, -0.2) is 5.11 Å². The first kappa shape index (κ1) is 13.7. The van der Waals surface area contributed by atoms with E-state index in [4.69, 9.17) is 16.0 Å². The quantitative estimate of drug-likeness (QED) is 0.793. The molecule has 2 aromatic rings. The molecule has 1 N–H and O–H groups in total. The lowest BCUT2D eigenvalue weighted by atomic mass is 9.59. The summed E-state index contributed by atoms with van der Waals surface area (Å²) in [6, 6.07) is 7.59. The Labute approximate surface area is 130 Å². The molecule has 2 bridgehead atoms. The monoisotopic (exact) mass is 304 g/mol. The molecule has 0 radical (unpaired) electrons. The van der Waals surface area contributed by atoms with Crippen molar-refractivity contribution in [1.82, 2.24) is 0 Å². The fraction of sp³-hybridized carbons (Fsp3) is 0.556. The molecule has 1 aromatic carbocycles. The van der Waals surface area contributed by atoms with Gasteiger partial charge >= 0.3 is 0 Å². The van der Waals surface area contributed by atoms with Crippen LogP contribution in [0.15, 0.2) is 28.7 Å². The molecule has 0 amide bonds. The van der Waals surface area contributed by atoms with Gasteiger partial charge in [0.25, 0.3) is 0 Å². The number of halogens is 1. The lowest BCUT2D eigenvalue weighted by molar-refractivity contribution is -0.162. The zero-order valence-electron chi connectivity index (χ0n) is 12.7. The molecule has 112 valence electrons. The van der Waals surface area contributed by atoms with Crippen LogP contribution in [-0.2, 0) is 5.60 Å². The molecule has 1 heterocycles. The van der Waals surface area contributed by atoms with Gasteiger partial charge in [0.1, 0.15) is 16.9 Å². The fourth-order valence-corrected chi connectivity index (χ4v) is 5.25. The molecular formula is C18H21ClO2. The van der Waals surface area contributed by atoms with Gasteiger partial charge in [0.15, 0.2) is 0 Å². The second-order valence-electron chi connectivity index (χ2n) is 7.73. The number of benzene rings is 1. The van der Waals surface area contributed by atoms with E-state index in [0.717, 1.165) is 23.8 Å². The summed E-state index contributed by atoms with van der Waals surface area (Å²) >= 11 is 6.06. The van der Waals surface area contributed by atoms with Gasteiger partial charge in [-0.1, -0.05) is 32.4 Å². The van der Waals surface area contributed by atoms with E-state index >= 15 is 0 Å². The molecule has 1 aromatic heterocycles. The van der Waals surface area contributed by atoms with Gasteiger partial charge < -0.3 is 9.52 Å². The van der Waals surface area contributed by atoms with Crippen LogP contribution in [0.2, 0.25) is 5.02 Å². The molecule has 2 aliphatic rings. The number of hydrogen-bond acceptors (Lipinski definition) is 2. The van der Waals surface area contributed by atoms with Gasteiger partial charge in [0.05, 0.1) is 0 Å². The van der Waals surface area contributed by atoms with Crippen molar-refractivity contribution in [3.63, 3.8) is 0 Å². The summed E-state index contributed by atoms with van der Waals surface area (Å²) in [6.07, 6.45) is 3.35. The number of hydrogen-bond donors (Lipinski definition) is 1. The number of rotatable bonds is 1. The standard InChI is InChI=1S/C18H21ClO2/c1-16(2)12-6-7-17(3,10-12)18(16,20)15-9-11-8-13(19)4-5-14(11)21-15/h4-5,8-9,12,20H,6-7,10H2,1-3H3. The van der Waals surface area contributed by atoms with E-state index in [-0.39, 0.29) is 10.8 Å². The van der Waals surface area contributed by atoms with Crippen molar-refractivity contribution in [2.24, 2.45) is 16.7 Å². The summed E-state index contributed by atoms with van der Waals surface area (Å²) in [5.74, 6) is 1.26. The van der Waals surface area contributed by atoms with E-state index in [0.29, 0.717) is 16.7 Å². The summed E-state index contributed by atoms with van der Waals surface area (Å²) in [4.78, 5) is 0. The predicted molar refractivity (Wildman–Crippen MR) is 84.3 cm³/mol. The first-order valence-electron chi connectivity index (χ1n) is 7.70. The Bertz CT molecular complexity index is 725. The molecule has 2 fully saturated rings. The Kier molecular flexibility index (Phi) is 2.51. The topological polar surface area (TPSA) is 33.4 Å². The zero-order chi connectivity index (χ0) is 15.0. The van der Waals surface area contributed by atoms with Gasteiger partial charge in [-0.25, -0.2) is 0 Å². The van der Waals surface area contributed by atoms with Crippen molar-refractivity contribution in [1.29, 1.82) is 0 Å². The maximum absolute atomic E-state index is 11.7. The Morgan fingerprint density at radius 3 is 2.67 bits per heavy atom. The third kappa shape index (κ3) is 1.48. The average molecular weight is 305 g/mol.